The van der Waals surface area contributed by atoms with Crippen LogP contribution in [0, 0.1) is 11.3 Å². The Morgan fingerprint density at radius 1 is 1.10 bits per heavy atom. The summed E-state index contributed by atoms with van der Waals surface area (Å²) in [5.74, 6) is 1.37. The van der Waals surface area contributed by atoms with Gasteiger partial charge < -0.3 is 9.47 Å². The van der Waals surface area contributed by atoms with Crippen molar-refractivity contribution in [2.45, 2.75) is 0 Å². The third-order valence-electron chi connectivity index (χ3n) is 3.05. The second kappa shape index (κ2) is 5.69. The summed E-state index contributed by atoms with van der Waals surface area (Å²) in [6, 6.07) is 12.7. The molecule has 1 aliphatic heterocycles. The van der Waals surface area contributed by atoms with E-state index in [0.29, 0.717) is 32.7 Å². The van der Waals surface area contributed by atoms with E-state index in [1.54, 1.807) is 24.3 Å². The minimum atomic E-state index is 0.219. The van der Waals surface area contributed by atoms with Crippen LogP contribution in [0.25, 0.3) is 11.6 Å². The Labute approximate surface area is 131 Å². The van der Waals surface area contributed by atoms with Crippen LogP contribution >= 0.6 is 23.2 Å². The van der Waals surface area contributed by atoms with Crippen LogP contribution < -0.4 is 9.47 Å². The molecule has 3 rings (SSSR count). The number of hydrogen-bond donors (Lipinski definition) is 0. The highest BCUT2D eigenvalue weighted by Crippen LogP contribution is 2.34. The van der Waals surface area contributed by atoms with E-state index < -0.39 is 0 Å². The molecule has 0 atom stereocenters. The molecule has 104 valence electrons. The number of fused-ring (bicyclic) bond motifs is 1. The van der Waals surface area contributed by atoms with Crippen molar-refractivity contribution in [3.05, 3.63) is 57.6 Å². The third kappa shape index (κ3) is 2.82. The molecule has 2 aromatic rings. The summed E-state index contributed by atoms with van der Waals surface area (Å²) in [6.07, 6.45) is 1.75. The predicted molar refractivity (Wildman–Crippen MR) is 82.5 cm³/mol. The molecule has 5 heteroatoms. The number of nitrogens with zero attached hydrogens (tertiary/aromatic N) is 1. The fraction of sp³-hybridized carbons (Fsp3) is 0.0625. The zero-order chi connectivity index (χ0) is 14.8. The van der Waals surface area contributed by atoms with Gasteiger partial charge in [-0.25, -0.2) is 0 Å². The van der Waals surface area contributed by atoms with Gasteiger partial charge in [-0.1, -0.05) is 35.3 Å². The SMILES string of the molecule is N#CC(=Cc1ccc2c(c1)OCO2)c1ccc(Cl)cc1Cl. The number of ether oxygens (including phenoxy) is 2. The van der Waals surface area contributed by atoms with Gasteiger partial charge in [-0.2, -0.15) is 5.26 Å². The van der Waals surface area contributed by atoms with Crippen LogP contribution in [-0.4, -0.2) is 6.79 Å². The number of nitriles is 1. The van der Waals surface area contributed by atoms with Gasteiger partial charge in [-0.15, -0.1) is 0 Å². The predicted octanol–water partition coefficient (Wildman–Crippen LogP) is 4.79. The summed E-state index contributed by atoms with van der Waals surface area (Å²) in [7, 11) is 0. The van der Waals surface area contributed by atoms with E-state index in [0.717, 1.165) is 5.56 Å². The van der Waals surface area contributed by atoms with Crippen LogP contribution in [0.2, 0.25) is 10.0 Å². The molecule has 0 bridgehead atoms. The van der Waals surface area contributed by atoms with Crippen LogP contribution in [0.1, 0.15) is 11.1 Å². The van der Waals surface area contributed by atoms with E-state index in [1.165, 1.54) is 0 Å². The number of allylic oxidation sites excluding steroid dienone is 1. The summed E-state index contributed by atoms with van der Waals surface area (Å²) >= 11 is 12.0. The lowest BCUT2D eigenvalue weighted by molar-refractivity contribution is 0.174. The van der Waals surface area contributed by atoms with E-state index in [9.17, 15) is 5.26 Å². The molecule has 0 saturated carbocycles. The number of halogens is 2. The smallest absolute Gasteiger partial charge is 0.231 e. The van der Waals surface area contributed by atoms with Gasteiger partial charge in [0.05, 0.1) is 16.7 Å². The van der Waals surface area contributed by atoms with Crippen molar-refractivity contribution in [3.63, 3.8) is 0 Å². The maximum Gasteiger partial charge on any atom is 0.231 e. The molecule has 0 N–H and O–H groups in total. The standard InChI is InChI=1S/C16H9Cl2NO2/c17-12-2-3-13(14(18)7-12)11(8-19)5-10-1-4-15-16(6-10)21-9-20-15/h1-7H,9H2. The summed E-state index contributed by atoms with van der Waals surface area (Å²) in [6.45, 7) is 0.219. The maximum atomic E-state index is 9.36. The molecule has 0 saturated heterocycles. The van der Waals surface area contributed by atoms with Gasteiger partial charge in [0, 0.05) is 10.6 Å². The number of rotatable bonds is 2. The van der Waals surface area contributed by atoms with Gasteiger partial charge in [0.15, 0.2) is 11.5 Å². The molecule has 0 spiro atoms. The fourth-order valence-electron chi connectivity index (χ4n) is 2.05. The van der Waals surface area contributed by atoms with Crippen molar-refractivity contribution < 1.29 is 9.47 Å². The van der Waals surface area contributed by atoms with E-state index in [1.807, 2.05) is 18.2 Å². The van der Waals surface area contributed by atoms with Crippen molar-refractivity contribution in [1.82, 2.24) is 0 Å². The summed E-state index contributed by atoms with van der Waals surface area (Å²) in [5, 5.41) is 10.3. The Kier molecular flexibility index (Phi) is 3.74. The molecule has 0 aromatic heterocycles. The van der Waals surface area contributed by atoms with Gasteiger partial charge in [0.2, 0.25) is 6.79 Å². The topological polar surface area (TPSA) is 42.2 Å². The normalized spacial score (nSPS) is 13.1. The fourth-order valence-corrected chi connectivity index (χ4v) is 2.56. The minimum Gasteiger partial charge on any atom is -0.454 e. The second-order valence-electron chi connectivity index (χ2n) is 4.41. The Morgan fingerprint density at radius 3 is 2.67 bits per heavy atom. The van der Waals surface area contributed by atoms with Gasteiger partial charge >= 0.3 is 0 Å². The summed E-state index contributed by atoms with van der Waals surface area (Å²) in [4.78, 5) is 0. The van der Waals surface area contributed by atoms with Gasteiger partial charge in [0.1, 0.15) is 0 Å². The molecule has 1 heterocycles. The van der Waals surface area contributed by atoms with Crippen LogP contribution in [0.5, 0.6) is 11.5 Å². The highest BCUT2D eigenvalue weighted by atomic mass is 35.5. The first-order chi connectivity index (χ1) is 10.2. The highest BCUT2D eigenvalue weighted by Gasteiger charge is 2.13. The van der Waals surface area contributed by atoms with Crippen LogP contribution in [0.3, 0.4) is 0 Å². The Bertz CT molecular complexity index is 778. The lowest BCUT2D eigenvalue weighted by Crippen LogP contribution is -1.92. The van der Waals surface area contributed by atoms with Crippen molar-refractivity contribution in [2.24, 2.45) is 0 Å². The lowest BCUT2D eigenvalue weighted by Gasteiger charge is -2.04. The average Bonchev–Trinajstić information content (AvgIpc) is 2.93. The molecule has 0 fully saturated rings. The first-order valence-electron chi connectivity index (χ1n) is 6.14. The van der Waals surface area contributed by atoms with Crippen molar-refractivity contribution >= 4 is 34.9 Å². The minimum absolute atomic E-state index is 0.219. The lowest BCUT2D eigenvalue weighted by atomic mass is 10.0. The van der Waals surface area contributed by atoms with E-state index in [2.05, 4.69) is 6.07 Å². The molecule has 0 amide bonds. The first kappa shape index (κ1) is 13.8. The van der Waals surface area contributed by atoms with Crippen molar-refractivity contribution in [1.29, 1.82) is 5.26 Å². The summed E-state index contributed by atoms with van der Waals surface area (Å²) in [5.41, 5.74) is 1.93. The Balaban J connectivity index is 2.01. The van der Waals surface area contributed by atoms with Crippen LogP contribution in [0.15, 0.2) is 36.4 Å². The molecule has 21 heavy (non-hydrogen) atoms. The summed E-state index contributed by atoms with van der Waals surface area (Å²) < 4.78 is 10.6. The monoisotopic (exact) mass is 317 g/mol. The van der Waals surface area contributed by atoms with Crippen molar-refractivity contribution in [2.75, 3.05) is 6.79 Å². The molecule has 0 aliphatic carbocycles. The van der Waals surface area contributed by atoms with Gasteiger partial charge in [0.25, 0.3) is 0 Å². The highest BCUT2D eigenvalue weighted by molar-refractivity contribution is 6.36. The van der Waals surface area contributed by atoms with Gasteiger partial charge in [-0.05, 0) is 35.9 Å². The van der Waals surface area contributed by atoms with Crippen molar-refractivity contribution in [3.8, 4) is 17.6 Å². The maximum absolute atomic E-state index is 9.36. The second-order valence-corrected chi connectivity index (χ2v) is 5.25. The Morgan fingerprint density at radius 2 is 1.90 bits per heavy atom. The Hall–Kier alpha value is -2.15. The zero-order valence-corrected chi connectivity index (χ0v) is 12.3. The van der Waals surface area contributed by atoms with Gasteiger partial charge in [-0.3, -0.25) is 0 Å². The molecule has 0 radical (unpaired) electrons. The molecular formula is C16H9Cl2NO2. The number of hydrogen-bond acceptors (Lipinski definition) is 3. The molecule has 2 aromatic carbocycles. The van der Waals surface area contributed by atoms with E-state index in [-0.39, 0.29) is 6.79 Å². The quantitative estimate of drug-likeness (QED) is 0.591. The first-order valence-corrected chi connectivity index (χ1v) is 6.90. The van der Waals surface area contributed by atoms with E-state index in [4.69, 9.17) is 32.7 Å². The van der Waals surface area contributed by atoms with Crippen LogP contribution in [0.4, 0.5) is 0 Å². The molecule has 3 nitrogen and oxygen atoms in total. The molecular weight excluding hydrogens is 309 g/mol. The van der Waals surface area contributed by atoms with E-state index >= 15 is 0 Å². The molecule has 0 unspecified atom stereocenters. The average molecular weight is 318 g/mol. The third-order valence-corrected chi connectivity index (χ3v) is 3.60. The largest absolute Gasteiger partial charge is 0.454 e. The van der Waals surface area contributed by atoms with Crippen LogP contribution in [-0.2, 0) is 0 Å². The zero-order valence-electron chi connectivity index (χ0n) is 10.8. The molecule has 1 aliphatic rings. The number of benzene rings is 2.